The minimum absolute atomic E-state index is 0.0737. The summed E-state index contributed by atoms with van der Waals surface area (Å²) in [6.07, 6.45) is 0.761. The van der Waals surface area contributed by atoms with E-state index in [1.807, 2.05) is 35.2 Å². The zero-order chi connectivity index (χ0) is 20.8. The number of thiophene rings is 2. The number of rotatable bonds is 3. The van der Waals surface area contributed by atoms with Gasteiger partial charge in [-0.1, -0.05) is 12.1 Å². The summed E-state index contributed by atoms with van der Waals surface area (Å²) in [5.74, 6) is -0.0558. The van der Waals surface area contributed by atoms with Gasteiger partial charge in [0.1, 0.15) is 10.0 Å². The molecule has 5 rings (SSSR count). The Labute approximate surface area is 193 Å². The van der Waals surface area contributed by atoms with Gasteiger partial charge in [0.15, 0.2) is 0 Å². The van der Waals surface area contributed by atoms with Crippen molar-refractivity contribution in [2.24, 2.45) is 0 Å². The molecule has 9 heteroatoms. The molecule has 0 saturated heterocycles. The molecule has 0 spiro atoms. The highest BCUT2D eigenvalue weighted by atomic mass is 79.9. The van der Waals surface area contributed by atoms with Crippen molar-refractivity contribution in [3.63, 3.8) is 0 Å². The van der Waals surface area contributed by atoms with Crippen LogP contribution in [0.1, 0.15) is 27.0 Å². The summed E-state index contributed by atoms with van der Waals surface area (Å²) >= 11 is 8.01. The van der Waals surface area contributed by atoms with Crippen molar-refractivity contribution in [2.45, 2.75) is 19.9 Å². The van der Waals surface area contributed by atoms with Crippen molar-refractivity contribution in [3.8, 4) is 10.6 Å². The molecule has 0 unspecified atom stereocenters. The molecule has 1 aliphatic heterocycles. The van der Waals surface area contributed by atoms with Crippen molar-refractivity contribution < 1.29 is 9.59 Å². The number of thiazole rings is 1. The highest BCUT2D eigenvalue weighted by Crippen LogP contribution is 2.46. The minimum Gasteiger partial charge on any atom is -0.337 e. The average molecular weight is 518 g/mol. The third kappa shape index (κ3) is 3.60. The molecule has 1 aliphatic rings. The minimum atomic E-state index is -0.130. The Balaban J connectivity index is 1.60. The molecule has 152 valence electrons. The number of anilines is 1. The van der Waals surface area contributed by atoms with E-state index in [4.69, 9.17) is 4.98 Å². The van der Waals surface area contributed by atoms with E-state index in [1.165, 1.54) is 16.9 Å². The highest BCUT2D eigenvalue weighted by Gasteiger charge is 2.28. The summed E-state index contributed by atoms with van der Waals surface area (Å²) in [7, 11) is 0. The summed E-state index contributed by atoms with van der Waals surface area (Å²) in [6.45, 7) is 2.86. The molecular formula is C21H16BrN3O2S3. The fourth-order valence-electron chi connectivity index (χ4n) is 3.57. The second-order valence-corrected chi connectivity index (χ2v) is 11.5. The van der Waals surface area contributed by atoms with E-state index in [9.17, 15) is 9.59 Å². The molecular weight excluding hydrogens is 502 g/mol. The van der Waals surface area contributed by atoms with Gasteiger partial charge in [-0.2, -0.15) is 0 Å². The molecule has 1 aromatic carbocycles. The molecule has 0 saturated carbocycles. The van der Waals surface area contributed by atoms with Crippen molar-refractivity contribution in [2.75, 3.05) is 11.9 Å². The number of hydrogen-bond donors (Lipinski definition) is 1. The largest absolute Gasteiger partial charge is 0.337 e. The van der Waals surface area contributed by atoms with E-state index >= 15 is 0 Å². The van der Waals surface area contributed by atoms with Crippen molar-refractivity contribution in [1.82, 2.24) is 9.88 Å². The van der Waals surface area contributed by atoms with Crippen LogP contribution in [-0.2, 0) is 17.8 Å². The summed E-state index contributed by atoms with van der Waals surface area (Å²) in [4.78, 5) is 33.2. The molecule has 0 bridgehead atoms. The molecule has 1 N–H and O–H groups in total. The van der Waals surface area contributed by atoms with E-state index in [0.29, 0.717) is 18.0 Å². The Morgan fingerprint density at radius 1 is 1.13 bits per heavy atom. The Kier molecular flexibility index (Phi) is 5.22. The summed E-state index contributed by atoms with van der Waals surface area (Å²) < 4.78 is 2.04. The molecule has 0 aliphatic carbocycles. The third-order valence-electron chi connectivity index (χ3n) is 5.03. The normalized spacial score (nSPS) is 13.5. The van der Waals surface area contributed by atoms with Gasteiger partial charge in [-0.05, 0) is 52.2 Å². The van der Waals surface area contributed by atoms with Gasteiger partial charge in [0.2, 0.25) is 5.91 Å². The predicted molar refractivity (Wildman–Crippen MR) is 128 cm³/mol. The van der Waals surface area contributed by atoms with Crippen molar-refractivity contribution in [3.05, 3.63) is 55.5 Å². The first kappa shape index (κ1) is 19.9. The Morgan fingerprint density at radius 2 is 1.97 bits per heavy atom. The van der Waals surface area contributed by atoms with Crippen LogP contribution >= 0.6 is 49.9 Å². The fraction of sp³-hybridized carbons (Fsp3) is 0.190. The average Bonchev–Trinajstić information content (AvgIpc) is 3.42. The van der Waals surface area contributed by atoms with Crippen LogP contribution in [0.2, 0.25) is 0 Å². The molecule has 2 amide bonds. The van der Waals surface area contributed by atoms with Crippen molar-refractivity contribution >= 4 is 77.0 Å². The number of para-hydroxylation sites is 1. The van der Waals surface area contributed by atoms with E-state index in [2.05, 4.69) is 27.3 Å². The lowest BCUT2D eigenvalue weighted by Gasteiger charge is -2.25. The standard InChI is InChI=1S/C21H16BrN3O2S3/c1-11(26)25-9-8-12-16(10-25)30-21(24-19(27)15-6-7-17(22)28-15)18(12)20-23-13-4-2-3-5-14(13)29-20/h2-7H,8-10H2,1H3,(H,24,27). The van der Waals surface area contributed by atoms with Crippen LogP contribution in [0.15, 0.2) is 40.2 Å². The lowest BCUT2D eigenvalue weighted by Crippen LogP contribution is -2.33. The van der Waals surface area contributed by atoms with Crippen molar-refractivity contribution in [1.29, 1.82) is 0 Å². The van der Waals surface area contributed by atoms with Gasteiger partial charge in [0.25, 0.3) is 5.91 Å². The van der Waals surface area contributed by atoms with Crippen LogP contribution in [0.25, 0.3) is 20.8 Å². The van der Waals surface area contributed by atoms with E-state index in [1.54, 1.807) is 29.6 Å². The van der Waals surface area contributed by atoms with Gasteiger partial charge < -0.3 is 10.2 Å². The summed E-state index contributed by atoms with van der Waals surface area (Å²) in [6, 6.07) is 11.7. The Morgan fingerprint density at radius 3 is 2.70 bits per heavy atom. The SMILES string of the molecule is CC(=O)N1CCc2c(sc(NC(=O)c3ccc(Br)s3)c2-c2nc3ccccc3s2)C1. The van der Waals surface area contributed by atoms with Gasteiger partial charge in [-0.3, -0.25) is 9.59 Å². The van der Waals surface area contributed by atoms with Gasteiger partial charge in [0, 0.05) is 23.9 Å². The first-order valence-electron chi connectivity index (χ1n) is 9.32. The van der Waals surface area contributed by atoms with Gasteiger partial charge >= 0.3 is 0 Å². The second kappa shape index (κ2) is 7.88. The number of nitrogens with zero attached hydrogens (tertiary/aromatic N) is 2. The first-order valence-corrected chi connectivity index (χ1v) is 12.6. The highest BCUT2D eigenvalue weighted by molar-refractivity contribution is 9.11. The fourth-order valence-corrected chi connectivity index (χ4v) is 7.22. The maximum absolute atomic E-state index is 12.9. The lowest BCUT2D eigenvalue weighted by molar-refractivity contribution is -0.129. The molecule has 5 nitrogen and oxygen atoms in total. The number of fused-ring (bicyclic) bond motifs is 2. The molecule has 0 atom stereocenters. The zero-order valence-corrected chi connectivity index (χ0v) is 19.9. The summed E-state index contributed by atoms with van der Waals surface area (Å²) in [5.41, 5.74) is 3.15. The van der Waals surface area contributed by atoms with Crippen LogP contribution in [0, 0.1) is 0 Å². The van der Waals surface area contributed by atoms with Gasteiger partial charge in [-0.25, -0.2) is 4.98 Å². The maximum Gasteiger partial charge on any atom is 0.266 e. The number of benzene rings is 1. The van der Waals surface area contributed by atoms with Crippen LogP contribution in [0.4, 0.5) is 5.00 Å². The number of amides is 2. The van der Waals surface area contributed by atoms with Crippen LogP contribution in [0.5, 0.6) is 0 Å². The van der Waals surface area contributed by atoms with Crippen LogP contribution in [-0.4, -0.2) is 28.2 Å². The molecule has 0 fully saturated rings. The number of hydrogen-bond acceptors (Lipinski definition) is 6. The zero-order valence-electron chi connectivity index (χ0n) is 15.9. The molecule has 4 aromatic rings. The van der Waals surface area contributed by atoms with E-state index < -0.39 is 0 Å². The smallest absolute Gasteiger partial charge is 0.266 e. The van der Waals surface area contributed by atoms with Crippen LogP contribution < -0.4 is 5.32 Å². The Hall–Kier alpha value is -2.07. The third-order valence-corrected chi connectivity index (χ3v) is 8.84. The number of nitrogens with one attached hydrogen (secondary N) is 1. The molecule has 3 aromatic heterocycles. The first-order chi connectivity index (χ1) is 14.5. The molecule has 30 heavy (non-hydrogen) atoms. The maximum atomic E-state index is 12.9. The number of halogens is 1. The molecule has 4 heterocycles. The topological polar surface area (TPSA) is 62.3 Å². The summed E-state index contributed by atoms with van der Waals surface area (Å²) in [5, 5.41) is 4.83. The second-order valence-electron chi connectivity index (χ2n) is 6.94. The Bertz CT molecular complexity index is 1260. The quantitative estimate of drug-likeness (QED) is 0.362. The number of carbonyl (C=O) groups is 2. The lowest BCUT2D eigenvalue weighted by atomic mass is 10.0. The van der Waals surface area contributed by atoms with E-state index in [-0.39, 0.29) is 11.8 Å². The van der Waals surface area contributed by atoms with Gasteiger partial charge in [-0.15, -0.1) is 34.0 Å². The monoisotopic (exact) mass is 517 g/mol. The molecule has 0 radical (unpaired) electrons. The van der Waals surface area contributed by atoms with Crippen LogP contribution in [0.3, 0.4) is 0 Å². The predicted octanol–water partition coefficient (Wildman–Crippen LogP) is 6.01. The number of aromatic nitrogens is 1. The van der Waals surface area contributed by atoms with E-state index in [0.717, 1.165) is 40.9 Å². The van der Waals surface area contributed by atoms with Gasteiger partial charge in [0.05, 0.1) is 25.4 Å². The number of carbonyl (C=O) groups excluding carboxylic acids is 2.